The highest BCUT2D eigenvalue weighted by atomic mass is 127. The van der Waals surface area contributed by atoms with E-state index in [2.05, 4.69) is 37.9 Å². The van der Waals surface area contributed by atoms with Gasteiger partial charge in [0.1, 0.15) is 0 Å². The highest BCUT2D eigenvalue weighted by molar-refractivity contribution is 14.1. The standard InChI is InChI=1S/C9H17IN2/c1-11-5-2-9(3-6-11)4-7-12(10)8-9/h2-8H2,1H3. The zero-order chi connectivity index (χ0) is 8.60. The molecule has 0 N–H and O–H groups in total. The summed E-state index contributed by atoms with van der Waals surface area (Å²) >= 11 is 2.47. The van der Waals surface area contributed by atoms with E-state index in [0.29, 0.717) is 5.41 Å². The maximum absolute atomic E-state index is 2.47. The van der Waals surface area contributed by atoms with Crippen LogP contribution >= 0.6 is 22.9 Å². The van der Waals surface area contributed by atoms with Crippen molar-refractivity contribution in [3.8, 4) is 0 Å². The molecule has 2 aliphatic heterocycles. The first-order valence-electron chi connectivity index (χ1n) is 4.80. The van der Waals surface area contributed by atoms with Gasteiger partial charge in [-0.1, -0.05) is 0 Å². The predicted octanol–water partition coefficient (Wildman–Crippen LogP) is 1.75. The second kappa shape index (κ2) is 3.42. The summed E-state index contributed by atoms with van der Waals surface area (Å²) in [5.41, 5.74) is 0.702. The van der Waals surface area contributed by atoms with Crippen LogP contribution < -0.4 is 0 Å². The van der Waals surface area contributed by atoms with Crippen LogP contribution in [0.25, 0.3) is 0 Å². The van der Waals surface area contributed by atoms with Gasteiger partial charge in [-0.05, 0) is 44.8 Å². The number of hydrogen-bond acceptors (Lipinski definition) is 2. The summed E-state index contributed by atoms with van der Waals surface area (Å²) in [6.45, 7) is 5.26. The lowest BCUT2D eigenvalue weighted by Crippen LogP contribution is -2.38. The fourth-order valence-corrected chi connectivity index (χ4v) is 3.35. The van der Waals surface area contributed by atoms with Gasteiger partial charge in [-0.2, -0.15) is 0 Å². The topological polar surface area (TPSA) is 6.48 Å². The van der Waals surface area contributed by atoms with Gasteiger partial charge in [0.25, 0.3) is 0 Å². The maximum Gasteiger partial charge on any atom is 0.0201 e. The van der Waals surface area contributed by atoms with E-state index in [1.165, 1.54) is 45.4 Å². The fourth-order valence-electron chi connectivity index (χ4n) is 2.38. The fraction of sp³-hybridized carbons (Fsp3) is 1.00. The van der Waals surface area contributed by atoms with Gasteiger partial charge in [0, 0.05) is 36.0 Å². The molecule has 2 nitrogen and oxygen atoms in total. The van der Waals surface area contributed by atoms with Crippen LogP contribution in [0.4, 0.5) is 0 Å². The van der Waals surface area contributed by atoms with Crippen LogP contribution in [0.1, 0.15) is 19.3 Å². The van der Waals surface area contributed by atoms with E-state index in [1.807, 2.05) is 0 Å². The van der Waals surface area contributed by atoms with E-state index in [9.17, 15) is 0 Å². The molecule has 3 heteroatoms. The van der Waals surface area contributed by atoms with Crippen molar-refractivity contribution in [2.75, 3.05) is 33.2 Å². The number of hydrogen-bond donors (Lipinski definition) is 0. The third-order valence-electron chi connectivity index (χ3n) is 3.44. The van der Waals surface area contributed by atoms with Crippen LogP contribution in [-0.2, 0) is 0 Å². The van der Waals surface area contributed by atoms with E-state index < -0.39 is 0 Å². The molecule has 2 fully saturated rings. The summed E-state index contributed by atoms with van der Waals surface area (Å²) in [5.74, 6) is 0. The van der Waals surface area contributed by atoms with Crippen molar-refractivity contribution in [3.63, 3.8) is 0 Å². The minimum atomic E-state index is 0.702. The molecule has 0 amide bonds. The third kappa shape index (κ3) is 1.77. The highest BCUT2D eigenvalue weighted by Gasteiger charge is 2.39. The molecular formula is C9H17IN2. The van der Waals surface area contributed by atoms with E-state index >= 15 is 0 Å². The lowest BCUT2D eigenvalue weighted by Gasteiger charge is -2.37. The first kappa shape index (κ1) is 9.21. The van der Waals surface area contributed by atoms with Gasteiger partial charge in [-0.3, -0.25) is 0 Å². The van der Waals surface area contributed by atoms with E-state index in [4.69, 9.17) is 0 Å². The molecule has 0 atom stereocenters. The summed E-state index contributed by atoms with van der Waals surface area (Å²) in [4.78, 5) is 2.46. The minimum absolute atomic E-state index is 0.702. The number of piperidine rings is 1. The SMILES string of the molecule is CN1CCC2(CC1)CCN(I)C2. The zero-order valence-corrected chi connectivity index (χ0v) is 9.88. The van der Waals surface area contributed by atoms with Gasteiger partial charge in [0.15, 0.2) is 0 Å². The number of halogens is 1. The zero-order valence-electron chi connectivity index (χ0n) is 7.72. The summed E-state index contributed by atoms with van der Waals surface area (Å²) in [7, 11) is 2.24. The molecule has 0 aromatic rings. The van der Waals surface area contributed by atoms with Gasteiger partial charge < -0.3 is 4.90 Å². The molecule has 0 unspecified atom stereocenters. The second-order valence-electron chi connectivity index (χ2n) is 4.40. The molecule has 0 radical (unpaired) electrons. The first-order valence-corrected chi connectivity index (χ1v) is 5.76. The first-order chi connectivity index (χ1) is 5.70. The Labute approximate surface area is 88.8 Å². The van der Waals surface area contributed by atoms with Crippen LogP contribution in [0.2, 0.25) is 0 Å². The molecule has 2 rings (SSSR count). The molecule has 0 aromatic carbocycles. The summed E-state index contributed by atoms with van der Waals surface area (Å²) in [5, 5.41) is 0. The number of nitrogens with zero attached hydrogens (tertiary/aromatic N) is 2. The maximum atomic E-state index is 2.47. The van der Waals surface area contributed by atoms with Crippen molar-refractivity contribution in [1.82, 2.24) is 8.01 Å². The van der Waals surface area contributed by atoms with Crippen LogP contribution in [0.5, 0.6) is 0 Å². The average Bonchev–Trinajstić information content (AvgIpc) is 2.40. The Kier molecular flexibility index (Phi) is 2.63. The Morgan fingerprint density at radius 3 is 2.17 bits per heavy atom. The van der Waals surface area contributed by atoms with E-state index in [0.717, 1.165) is 0 Å². The minimum Gasteiger partial charge on any atom is -0.306 e. The Morgan fingerprint density at radius 2 is 1.67 bits per heavy atom. The Hall–Kier alpha value is 0.650. The van der Waals surface area contributed by atoms with E-state index in [1.54, 1.807) is 0 Å². The smallest absolute Gasteiger partial charge is 0.0201 e. The summed E-state index contributed by atoms with van der Waals surface area (Å²) in [6.07, 6.45) is 4.27. The van der Waals surface area contributed by atoms with Gasteiger partial charge in [0.2, 0.25) is 0 Å². The molecule has 2 aliphatic rings. The molecule has 0 aromatic heterocycles. The second-order valence-corrected chi connectivity index (χ2v) is 5.76. The predicted molar refractivity (Wildman–Crippen MR) is 59.4 cm³/mol. The van der Waals surface area contributed by atoms with Crippen molar-refractivity contribution in [2.24, 2.45) is 5.41 Å². The molecule has 0 saturated carbocycles. The normalized spacial score (nSPS) is 31.5. The van der Waals surface area contributed by atoms with Crippen LogP contribution in [0.3, 0.4) is 0 Å². The lowest BCUT2D eigenvalue weighted by molar-refractivity contribution is 0.136. The van der Waals surface area contributed by atoms with Gasteiger partial charge in [-0.15, -0.1) is 0 Å². The molecule has 12 heavy (non-hydrogen) atoms. The van der Waals surface area contributed by atoms with E-state index in [-0.39, 0.29) is 0 Å². The van der Waals surface area contributed by atoms with Crippen molar-refractivity contribution in [3.05, 3.63) is 0 Å². The van der Waals surface area contributed by atoms with Crippen LogP contribution in [-0.4, -0.2) is 41.2 Å². The quantitative estimate of drug-likeness (QED) is 0.493. The molecule has 70 valence electrons. The van der Waals surface area contributed by atoms with Crippen LogP contribution in [0.15, 0.2) is 0 Å². The molecule has 1 spiro atoms. The summed E-state index contributed by atoms with van der Waals surface area (Å²) in [6, 6.07) is 0. The molecule has 2 saturated heterocycles. The monoisotopic (exact) mass is 280 g/mol. The average molecular weight is 280 g/mol. The molecular weight excluding hydrogens is 263 g/mol. The van der Waals surface area contributed by atoms with Crippen molar-refractivity contribution in [2.45, 2.75) is 19.3 Å². The summed E-state index contributed by atoms with van der Waals surface area (Å²) < 4.78 is 2.46. The molecule has 0 bridgehead atoms. The van der Waals surface area contributed by atoms with Gasteiger partial charge in [0.05, 0.1) is 0 Å². The largest absolute Gasteiger partial charge is 0.306 e. The van der Waals surface area contributed by atoms with Crippen molar-refractivity contribution >= 4 is 22.9 Å². The van der Waals surface area contributed by atoms with Gasteiger partial charge >= 0.3 is 0 Å². The Bertz CT molecular complexity index is 164. The Balaban J connectivity index is 1.95. The number of rotatable bonds is 0. The number of likely N-dealkylation sites (tertiary alicyclic amines) is 1. The van der Waals surface area contributed by atoms with Gasteiger partial charge in [-0.25, -0.2) is 3.11 Å². The molecule has 0 aliphatic carbocycles. The van der Waals surface area contributed by atoms with Crippen molar-refractivity contribution < 1.29 is 0 Å². The third-order valence-corrected chi connectivity index (χ3v) is 4.26. The van der Waals surface area contributed by atoms with Crippen molar-refractivity contribution in [1.29, 1.82) is 0 Å². The molecule has 2 heterocycles. The highest BCUT2D eigenvalue weighted by Crippen LogP contribution is 2.40. The Morgan fingerprint density at radius 1 is 1.08 bits per heavy atom. The van der Waals surface area contributed by atoms with Crippen LogP contribution in [0, 0.1) is 5.41 Å². The lowest BCUT2D eigenvalue weighted by atomic mass is 9.78.